The number of para-hydroxylation sites is 2. The van der Waals surface area contributed by atoms with Crippen LogP contribution in [0.5, 0.6) is 0 Å². The van der Waals surface area contributed by atoms with Gasteiger partial charge in [0.1, 0.15) is 0 Å². The largest absolute Gasteiger partial charge is 1.00 e. The van der Waals surface area contributed by atoms with E-state index in [0.29, 0.717) is 0 Å². The molecule has 0 saturated heterocycles. The van der Waals surface area contributed by atoms with E-state index in [9.17, 15) is 0 Å². The van der Waals surface area contributed by atoms with Crippen LogP contribution in [-0.2, 0) is 0 Å². The molecule has 0 spiro atoms. The summed E-state index contributed by atoms with van der Waals surface area (Å²) in [7, 11) is 0. The molecular weight excluding hydrogens is 326 g/mol. The third-order valence-corrected chi connectivity index (χ3v) is 2.27. The summed E-state index contributed by atoms with van der Waals surface area (Å²) in [5.41, 5.74) is 7.39. The lowest BCUT2D eigenvalue weighted by Gasteiger charge is -2.22. The van der Waals surface area contributed by atoms with Gasteiger partial charge in [-0.05, 0) is 28.5 Å². The number of halogens is 1. The highest BCUT2D eigenvalue weighted by molar-refractivity contribution is 5.99. The number of benzene rings is 2. The first kappa shape index (κ1) is 16.1. The second kappa shape index (κ2) is 8.28. The fourth-order valence-electron chi connectivity index (χ4n) is 1.58. The van der Waals surface area contributed by atoms with E-state index in [1.165, 1.54) is 0 Å². The van der Waals surface area contributed by atoms with Crippen molar-refractivity contribution in [2.24, 2.45) is 5.73 Å². The van der Waals surface area contributed by atoms with Gasteiger partial charge in [-0.25, -0.2) is 0 Å². The lowest BCUT2D eigenvalue weighted by Crippen LogP contribution is -2.32. The summed E-state index contributed by atoms with van der Waals surface area (Å²) in [6.45, 7) is 0. The van der Waals surface area contributed by atoms with E-state index in [0.717, 1.165) is 11.4 Å². The third-order valence-electron chi connectivity index (χ3n) is 2.27. The van der Waals surface area contributed by atoms with Gasteiger partial charge in [0, 0.05) is 11.4 Å². The van der Waals surface area contributed by atoms with Crippen LogP contribution in [0.2, 0.25) is 0 Å². The molecule has 4 N–H and O–H groups in total. The Balaban J connectivity index is 0.000000715. The molecule has 2 aromatic rings. The van der Waals surface area contributed by atoms with E-state index in [-0.39, 0.29) is 7.39 Å². The molecule has 0 atom stereocenters. The van der Waals surface area contributed by atoms with Crippen molar-refractivity contribution in [3.63, 3.8) is 0 Å². The standard InChI is InChI=1S/C13H13N3.BrHO3/c14-13(15)16(11-7-3-1-4-8-11)12-9-5-2-6-10-12;2-1(3)4/h1-10H,(H3,14,15);2H/p+1. The molecule has 20 heavy (non-hydrogen) atoms. The normalized spacial score (nSPS) is 9.60. The molecule has 0 aliphatic heterocycles. The molecule has 0 saturated carbocycles. The summed E-state index contributed by atoms with van der Waals surface area (Å²) in [4.78, 5) is 1.69. The highest BCUT2D eigenvalue weighted by atomic mass is 80.0. The Kier molecular flexibility index (Phi) is 6.68. The lowest BCUT2D eigenvalue weighted by atomic mass is 10.2. The van der Waals surface area contributed by atoms with Gasteiger partial charge in [0.2, 0.25) is 0 Å². The van der Waals surface area contributed by atoms with Crippen LogP contribution in [0.25, 0.3) is 0 Å². The van der Waals surface area contributed by atoms with Crippen LogP contribution in [-0.4, -0.2) is 10.2 Å². The van der Waals surface area contributed by atoms with Gasteiger partial charge in [0.25, 0.3) is 0 Å². The van der Waals surface area contributed by atoms with Crippen molar-refractivity contribution in [1.29, 1.82) is 5.41 Å². The summed E-state index contributed by atoms with van der Waals surface area (Å²) >= 11 is -3.40. The van der Waals surface area contributed by atoms with Crippen molar-refractivity contribution in [2.75, 3.05) is 4.90 Å². The van der Waals surface area contributed by atoms with Crippen LogP contribution in [0, 0.1) is 20.2 Å². The van der Waals surface area contributed by atoms with Crippen LogP contribution >= 0.6 is 0 Å². The Morgan fingerprint density at radius 1 is 1.00 bits per heavy atom. The minimum Gasteiger partial charge on any atom is -0.372 e. The summed E-state index contributed by atoms with van der Waals surface area (Å²) in [6.07, 6.45) is 0. The molecule has 2 rings (SSSR count). The fourth-order valence-corrected chi connectivity index (χ4v) is 1.58. The number of hydrogen-bond donors (Lipinski definition) is 3. The van der Waals surface area contributed by atoms with E-state index in [1.807, 2.05) is 60.7 Å². The molecule has 0 aliphatic carbocycles. The van der Waals surface area contributed by atoms with E-state index in [4.69, 9.17) is 23.7 Å². The van der Waals surface area contributed by atoms with Crippen molar-refractivity contribution >= 4 is 17.3 Å². The van der Waals surface area contributed by atoms with Gasteiger partial charge in [-0.2, -0.15) is 0 Å². The van der Waals surface area contributed by atoms with E-state index in [2.05, 4.69) is 0 Å². The molecule has 2 aromatic carbocycles. The average molecular weight is 341 g/mol. The van der Waals surface area contributed by atoms with Crippen LogP contribution in [0.3, 0.4) is 0 Å². The maximum atomic E-state index is 8.63. The molecular formula is C13H15BrN3O3+. The predicted octanol–water partition coefficient (Wildman–Crippen LogP) is -0.104. The van der Waals surface area contributed by atoms with Crippen molar-refractivity contribution in [1.82, 2.24) is 0 Å². The number of hydrogen-bond acceptors (Lipinski definition) is 4. The second-order valence-electron chi connectivity index (χ2n) is 3.59. The number of rotatable bonds is 2. The number of anilines is 2. The zero-order valence-corrected chi connectivity index (χ0v) is 12.0. The Bertz CT molecular complexity index is 486. The number of nitrogens with zero attached hydrogens (tertiary/aromatic N) is 1. The molecule has 7 heteroatoms. The summed E-state index contributed by atoms with van der Waals surface area (Å²) < 4.78 is 24.3. The molecule has 0 radical (unpaired) electrons. The number of nitrogens with one attached hydrogen (secondary N) is 1. The highest BCUT2D eigenvalue weighted by Crippen LogP contribution is 2.23. The molecule has 0 amide bonds. The smallest absolute Gasteiger partial charge is 0.372 e. The van der Waals surface area contributed by atoms with Crippen molar-refractivity contribution < 1.29 is 28.8 Å². The van der Waals surface area contributed by atoms with Gasteiger partial charge in [0.05, 0.1) is 0 Å². The van der Waals surface area contributed by atoms with Gasteiger partial charge < -0.3 is 14.1 Å². The van der Waals surface area contributed by atoms with Gasteiger partial charge in [0.15, 0.2) is 5.96 Å². The molecule has 0 bridgehead atoms. The molecule has 106 valence electrons. The van der Waals surface area contributed by atoms with E-state index < -0.39 is 14.8 Å². The maximum absolute atomic E-state index is 8.63. The van der Waals surface area contributed by atoms with E-state index in [1.54, 1.807) is 4.90 Å². The maximum Gasteiger partial charge on any atom is 1.00 e. The summed E-state index contributed by atoms with van der Waals surface area (Å²) in [5, 5.41) is 7.63. The number of nitrogens with two attached hydrogens (primary N) is 1. The van der Waals surface area contributed by atoms with Gasteiger partial charge in [-0.15, -0.1) is 0 Å². The van der Waals surface area contributed by atoms with Crippen molar-refractivity contribution in [3.8, 4) is 0 Å². The van der Waals surface area contributed by atoms with Crippen LogP contribution < -0.4 is 19.0 Å². The van der Waals surface area contributed by atoms with Crippen LogP contribution in [0.15, 0.2) is 60.7 Å². The summed E-state index contributed by atoms with van der Waals surface area (Å²) in [6, 6.07) is 19.3. The Morgan fingerprint density at radius 3 is 1.55 bits per heavy atom. The Hall–Kier alpha value is -1.93. The number of guanidine groups is 1. The fraction of sp³-hybridized carbons (Fsp3) is 0. The van der Waals surface area contributed by atoms with Crippen LogP contribution in [0.1, 0.15) is 1.43 Å². The SMILES string of the molecule is N=C(N)N(c1ccccc1)c1ccccc1.[H+].[O-][Br+2]([O-])O. The second-order valence-corrected chi connectivity index (χ2v) is 4.44. The topological polar surface area (TPSA) is 119 Å². The first-order valence-electron chi connectivity index (χ1n) is 5.51. The van der Waals surface area contributed by atoms with Gasteiger partial charge >= 0.3 is 16.2 Å². The highest BCUT2D eigenvalue weighted by Gasteiger charge is 2.10. The molecule has 0 heterocycles. The zero-order valence-electron chi connectivity index (χ0n) is 11.4. The molecule has 0 aromatic heterocycles. The van der Waals surface area contributed by atoms with E-state index >= 15 is 0 Å². The third kappa shape index (κ3) is 5.37. The molecule has 0 aliphatic rings. The molecule has 0 unspecified atom stereocenters. The summed E-state index contributed by atoms with van der Waals surface area (Å²) in [5.74, 6) is 0.0115. The zero-order chi connectivity index (χ0) is 15.0. The van der Waals surface area contributed by atoms with Crippen molar-refractivity contribution in [2.45, 2.75) is 0 Å². The molecule has 0 fully saturated rings. The minimum atomic E-state index is -3.40. The van der Waals surface area contributed by atoms with Crippen LogP contribution in [0.4, 0.5) is 11.4 Å². The average Bonchev–Trinajstić information content (AvgIpc) is 2.40. The Labute approximate surface area is 123 Å². The monoisotopic (exact) mass is 340 g/mol. The predicted molar refractivity (Wildman–Crippen MR) is 70.3 cm³/mol. The van der Waals surface area contributed by atoms with Gasteiger partial charge in [-0.3, -0.25) is 10.3 Å². The quantitative estimate of drug-likeness (QED) is 0.520. The van der Waals surface area contributed by atoms with Crippen molar-refractivity contribution in [3.05, 3.63) is 60.7 Å². The first-order valence-corrected chi connectivity index (χ1v) is 7.51. The lowest BCUT2D eigenvalue weighted by molar-refractivity contribution is -1.63. The molecule has 6 nitrogen and oxygen atoms in total. The Morgan fingerprint density at radius 2 is 1.30 bits per heavy atom. The first-order chi connectivity index (χ1) is 9.52. The minimum absolute atomic E-state index is 0. The van der Waals surface area contributed by atoms with Gasteiger partial charge in [-0.1, -0.05) is 36.4 Å².